The fraction of sp³-hybridized carbons (Fsp3) is 0.357. The van der Waals surface area contributed by atoms with Gasteiger partial charge in [0.05, 0.1) is 30.0 Å². The van der Waals surface area contributed by atoms with Crippen molar-refractivity contribution in [2.75, 3.05) is 6.61 Å². The smallest absolute Gasteiger partial charge is 0.418 e. The predicted molar refractivity (Wildman–Crippen MR) is 153 cm³/mol. The molecule has 38 heavy (non-hydrogen) atoms. The lowest BCUT2D eigenvalue weighted by molar-refractivity contribution is -0.0366. The number of nitrogens with zero attached hydrogens (tertiary/aromatic N) is 6. The average Bonchev–Trinajstić information content (AvgIpc) is 3.61. The normalized spacial score (nSPS) is 16.4. The third-order valence-corrected chi connectivity index (χ3v) is 7.24. The Balaban J connectivity index is 1.28. The molecule has 1 aliphatic heterocycles. The molecule has 0 radical (unpaired) electrons. The molecular weight excluding hydrogens is 595 g/mol. The van der Waals surface area contributed by atoms with Gasteiger partial charge in [-0.25, -0.2) is 14.2 Å². The van der Waals surface area contributed by atoms with E-state index in [1.165, 1.54) is 0 Å². The van der Waals surface area contributed by atoms with Crippen LogP contribution in [-0.4, -0.2) is 47.6 Å². The molecule has 2 aromatic carbocycles. The maximum Gasteiger partial charge on any atom is 0.418 e. The van der Waals surface area contributed by atoms with Crippen LogP contribution in [0.2, 0.25) is 0 Å². The van der Waals surface area contributed by atoms with E-state index in [4.69, 9.17) is 9.47 Å². The van der Waals surface area contributed by atoms with Crippen LogP contribution in [0.15, 0.2) is 55.0 Å². The summed E-state index contributed by atoms with van der Waals surface area (Å²) in [6.45, 7) is 6.87. The van der Waals surface area contributed by atoms with Crippen molar-refractivity contribution < 1.29 is 14.3 Å². The number of aromatic nitrogens is 6. The van der Waals surface area contributed by atoms with Crippen molar-refractivity contribution in [2.24, 2.45) is 0 Å². The van der Waals surface area contributed by atoms with Crippen LogP contribution in [-0.2, 0) is 16.0 Å². The maximum absolute atomic E-state index is 12.7. The van der Waals surface area contributed by atoms with E-state index < -0.39 is 11.7 Å². The van der Waals surface area contributed by atoms with Crippen LogP contribution in [0, 0.1) is 3.57 Å². The van der Waals surface area contributed by atoms with Gasteiger partial charge < -0.3 is 9.47 Å². The molecule has 0 bridgehead atoms. The highest BCUT2D eigenvalue weighted by Crippen LogP contribution is 2.33. The van der Waals surface area contributed by atoms with Gasteiger partial charge in [-0.1, -0.05) is 17.3 Å². The van der Waals surface area contributed by atoms with Gasteiger partial charge in [0.1, 0.15) is 11.3 Å². The molecule has 10 heteroatoms. The number of ether oxygens (including phenoxy) is 2. The number of carbonyl (C=O) groups excluding carboxylic acids is 1. The van der Waals surface area contributed by atoms with Gasteiger partial charge in [0.15, 0.2) is 6.23 Å². The second-order valence-electron chi connectivity index (χ2n) is 10.7. The summed E-state index contributed by atoms with van der Waals surface area (Å²) < 4.78 is 18.0. The lowest BCUT2D eigenvalue weighted by atomic mass is 10.1. The number of benzene rings is 2. The first-order valence-electron chi connectivity index (χ1n) is 12.8. The first-order chi connectivity index (χ1) is 18.2. The van der Waals surface area contributed by atoms with E-state index in [2.05, 4.69) is 50.1 Å². The minimum Gasteiger partial charge on any atom is -0.443 e. The van der Waals surface area contributed by atoms with Crippen LogP contribution < -0.4 is 0 Å². The third kappa shape index (κ3) is 4.94. The molecule has 6 rings (SSSR count). The van der Waals surface area contributed by atoms with Gasteiger partial charge in [-0.05, 0) is 92.5 Å². The second-order valence-corrected chi connectivity index (χ2v) is 11.9. The van der Waals surface area contributed by atoms with Crippen LogP contribution in [0.5, 0.6) is 0 Å². The Morgan fingerprint density at radius 2 is 2.03 bits per heavy atom. The van der Waals surface area contributed by atoms with Crippen molar-refractivity contribution in [2.45, 2.75) is 58.4 Å². The Hall–Kier alpha value is -3.25. The molecule has 1 atom stereocenters. The van der Waals surface area contributed by atoms with Crippen molar-refractivity contribution in [3.63, 3.8) is 0 Å². The summed E-state index contributed by atoms with van der Waals surface area (Å²) >= 11 is 2.34. The first kappa shape index (κ1) is 25.1. The van der Waals surface area contributed by atoms with E-state index in [-0.39, 0.29) is 6.23 Å². The van der Waals surface area contributed by atoms with E-state index in [0.717, 1.165) is 68.1 Å². The highest BCUT2D eigenvalue weighted by molar-refractivity contribution is 14.1. The zero-order valence-electron chi connectivity index (χ0n) is 21.6. The molecular formula is C28H29IN6O3. The quantitative estimate of drug-likeness (QED) is 0.216. The number of fused-ring (bicyclic) bond motifs is 2. The monoisotopic (exact) mass is 624 g/mol. The fourth-order valence-electron chi connectivity index (χ4n) is 4.90. The summed E-state index contributed by atoms with van der Waals surface area (Å²) in [6, 6.07) is 12.2. The van der Waals surface area contributed by atoms with Gasteiger partial charge in [0.25, 0.3) is 0 Å². The number of carbonyl (C=O) groups is 1. The largest absolute Gasteiger partial charge is 0.443 e. The van der Waals surface area contributed by atoms with Gasteiger partial charge in [-0.3, -0.25) is 4.57 Å². The van der Waals surface area contributed by atoms with Gasteiger partial charge in [-0.2, -0.15) is 5.10 Å². The molecule has 5 aromatic rings. The highest BCUT2D eigenvalue weighted by Gasteiger charge is 2.22. The Labute approximate surface area is 233 Å². The van der Waals surface area contributed by atoms with E-state index in [1.54, 1.807) is 10.8 Å². The van der Waals surface area contributed by atoms with E-state index in [0.29, 0.717) is 6.54 Å². The Morgan fingerprint density at radius 1 is 1.16 bits per heavy atom. The summed E-state index contributed by atoms with van der Waals surface area (Å²) in [5, 5.41) is 15.6. The SMILES string of the molecule is CC(C)(C)OC(=O)n1ccc2ccc(Cn3cc(-c4cc(I)cc5c4cnn5C4CCCCO4)nn3)cc21. The number of hydrogen-bond donors (Lipinski definition) is 0. The second kappa shape index (κ2) is 9.81. The standard InChI is InChI=1S/C28H29IN6O3/c1-28(2,3)38-27(36)34-10-9-19-8-7-18(12-24(19)34)16-33-17-23(31-32-33)21-13-20(29)14-25-22(21)15-30-35(25)26-6-4-5-11-37-26/h7-10,12-15,17,26H,4-6,11,16H2,1-3H3. The summed E-state index contributed by atoms with van der Waals surface area (Å²) in [6.07, 6.45) is 8.39. The maximum atomic E-state index is 12.7. The van der Waals surface area contributed by atoms with Crippen LogP contribution in [0.1, 0.15) is 51.8 Å². The molecule has 9 nitrogen and oxygen atoms in total. The molecule has 4 heterocycles. The Morgan fingerprint density at radius 3 is 2.82 bits per heavy atom. The van der Waals surface area contributed by atoms with E-state index >= 15 is 0 Å². The summed E-state index contributed by atoms with van der Waals surface area (Å²) in [5.74, 6) is 0. The van der Waals surface area contributed by atoms with Crippen molar-refractivity contribution in [1.29, 1.82) is 0 Å². The van der Waals surface area contributed by atoms with Gasteiger partial charge >= 0.3 is 6.09 Å². The molecule has 0 saturated carbocycles. The highest BCUT2D eigenvalue weighted by atomic mass is 127. The van der Waals surface area contributed by atoms with Gasteiger partial charge in [0.2, 0.25) is 0 Å². The Kier molecular flexibility index (Phi) is 6.47. The molecule has 3 aromatic heterocycles. The van der Waals surface area contributed by atoms with Crippen molar-refractivity contribution in [1.82, 2.24) is 29.3 Å². The minimum atomic E-state index is -0.566. The zero-order chi connectivity index (χ0) is 26.4. The molecule has 1 fully saturated rings. The summed E-state index contributed by atoms with van der Waals surface area (Å²) in [4.78, 5) is 12.7. The summed E-state index contributed by atoms with van der Waals surface area (Å²) in [7, 11) is 0. The van der Waals surface area contributed by atoms with E-state index in [9.17, 15) is 4.79 Å². The molecule has 0 spiro atoms. The summed E-state index contributed by atoms with van der Waals surface area (Å²) in [5.41, 5.74) is 4.07. The molecule has 196 valence electrons. The predicted octanol–water partition coefficient (Wildman–Crippen LogP) is 6.38. The average molecular weight is 624 g/mol. The molecule has 1 aliphatic rings. The molecule has 1 saturated heterocycles. The lowest BCUT2D eigenvalue weighted by Gasteiger charge is -2.23. The Bertz CT molecular complexity index is 1640. The lowest BCUT2D eigenvalue weighted by Crippen LogP contribution is -2.26. The molecule has 1 unspecified atom stereocenters. The fourth-order valence-corrected chi connectivity index (χ4v) is 5.50. The molecule has 0 amide bonds. The number of halogens is 1. The van der Waals surface area contributed by atoms with Crippen molar-refractivity contribution in [3.05, 3.63) is 64.1 Å². The topological polar surface area (TPSA) is 89.0 Å². The van der Waals surface area contributed by atoms with Crippen molar-refractivity contribution >= 4 is 50.5 Å². The molecule has 0 N–H and O–H groups in total. The molecule has 0 aliphatic carbocycles. The van der Waals surface area contributed by atoms with E-state index in [1.807, 2.05) is 66.8 Å². The zero-order valence-corrected chi connectivity index (χ0v) is 23.8. The van der Waals surface area contributed by atoms with Crippen LogP contribution in [0.4, 0.5) is 4.79 Å². The van der Waals surface area contributed by atoms with Crippen molar-refractivity contribution in [3.8, 4) is 11.3 Å². The first-order valence-corrected chi connectivity index (χ1v) is 13.9. The minimum absolute atomic E-state index is 0.0301. The van der Waals surface area contributed by atoms with Gasteiger partial charge in [-0.15, -0.1) is 5.10 Å². The van der Waals surface area contributed by atoms with Crippen LogP contribution in [0.3, 0.4) is 0 Å². The number of rotatable bonds is 4. The third-order valence-electron chi connectivity index (χ3n) is 6.62. The van der Waals surface area contributed by atoms with Crippen LogP contribution >= 0.6 is 22.6 Å². The van der Waals surface area contributed by atoms with Gasteiger partial charge in [0, 0.05) is 32.7 Å². The number of hydrogen-bond acceptors (Lipinski definition) is 6. The van der Waals surface area contributed by atoms with Crippen LogP contribution in [0.25, 0.3) is 33.1 Å².